The second-order valence-electron chi connectivity index (χ2n) is 3.99. The Labute approximate surface area is 107 Å². The number of para-hydroxylation sites is 1. The molecule has 0 bridgehead atoms. The number of benzene rings is 1. The Bertz CT molecular complexity index is 368. The lowest BCUT2D eigenvalue weighted by Gasteiger charge is -2.17. The third kappa shape index (κ3) is 4.27. The molecule has 0 unspecified atom stereocenters. The first-order chi connectivity index (χ1) is 8.16. The van der Waals surface area contributed by atoms with Gasteiger partial charge in [0.1, 0.15) is 5.75 Å². The van der Waals surface area contributed by atoms with E-state index in [2.05, 4.69) is 0 Å². The Morgan fingerprint density at radius 2 is 2.00 bits per heavy atom. The Hall–Kier alpha value is -1.22. The van der Waals surface area contributed by atoms with E-state index in [1.807, 2.05) is 0 Å². The van der Waals surface area contributed by atoms with Gasteiger partial charge in [0.05, 0.1) is 5.56 Å². The van der Waals surface area contributed by atoms with E-state index in [1.54, 1.807) is 30.1 Å². The Balaban J connectivity index is 2.49. The molecule has 1 amide bonds. The fourth-order valence-corrected chi connectivity index (χ4v) is 1.77. The predicted octanol–water partition coefficient (Wildman–Crippen LogP) is 2.87. The summed E-state index contributed by atoms with van der Waals surface area (Å²) >= 11 is 5.58. The lowest BCUT2D eigenvalue weighted by atomic mass is 10.1. The van der Waals surface area contributed by atoms with Crippen molar-refractivity contribution < 1.29 is 9.90 Å². The molecule has 0 saturated carbocycles. The molecule has 1 aromatic carbocycles. The fraction of sp³-hybridized carbons (Fsp3) is 0.462. The largest absolute Gasteiger partial charge is 0.507 e. The molecule has 1 aromatic rings. The van der Waals surface area contributed by atoms with Gasteiger partial charge in [0.2, 0.25) is 0 Å². The number of phenols is 1. The minimum atomic E-state index is -0.144. The number of rotatable bonds is 6. The van der Waals surface area contributed by atoms with Crippen LogP contribution >= 0.6 is 11.6 Å². The van der Waals surface area contributed by atoms with Crippen molar-refractivity contribution >= 4 is 17.5 Å². The molecule has 17 heavy (non-hydrogen) atoms. The second-order valence-corrected chi connectivity index (χ2v) is 4.37. The number of halogens is 1. The molecule has 4 heteroatoms. The fourth-order valence-electron chi connectivity index (χ4n) is 1.58. The van der Waals surface area contributed by atoms with Gasteiger partial charge < -0.3 is 10.0 Å². The topological polar surface area (TPSA) is 40.5 Å². The van der Waals surface area contributed by atoms with Crippen LogP contribution in [0.2, 0.25) is 0 Å². The molecule has 0 fully saturated rings. The second kappa shape index (κ2) is 7.17. The van der Waals surface area contributed by atoms with Crippen LogP contribution < -0.4 is 0 Å². The van der Waals surface area contributed by atoms with Crippen LogP contribution in [0.3, 0.4) is 0 Å². The van der Waals surface area contributed by atoms with Gasteiger partial charge in [0, 0.05) is 19.5 Å². The van der Waals surface area contributed by atoms with Gasteiger partial charge in [0.25, 0.3) is 5.91 Å². The lowest BCUT2D eigenvalue weighted by molar-refractivity contribution is 0.0789. The van der Waals surface area contributed by atoms with E-state index >= 15 is 0 Å². The maximum Gasteiger partial charge on any atom is 0.257 e. The summed E-state index contributed by atoms with van der Waals surface area (Å²) in [5, 5.41) is 9.57. The van der Waals surface area contributed by atoms with Crippen LogP contribution in [-0.4, -0.2) is 35.4 Å². The molecular formula is C13H18ClNO2. The molecular weight excluding hydrogens is 238 g/mol. The maximum absolute atomic E-state index is 12.0. The highest BCUT2D eigenvalue weighted by Gasteiger charge is 2.14. The summed E-state index contributed by atoms with van der Waals surface area (Å²) in [7, 11) is 1.75. The Morgan fingerprint density at radius 3 is 2.65 bits per heavy atom. The van der Waals surface area contributed by atoms with Gasteiger partial charge in [-0.15, -0.1) is 11.6 Å². The van der Waals surface area contributed by atoms with Crippen molar-refractivity contribution in [3.63, 3.8) is 0 Å². The van der Waals surface area contributed by atoms with E-state index in [0.29, 0.717) is 18.0 Å². The monoisotopic (exact) mass is 255 g/mol. The molecule has 94 valence electrons. The summed E-state index contributed by atoms with van der Waals surface area (Å²) in [5.74, 6) is 0.552. The molecule has 0 aliphatic carbocycles. The van der Waals surface area contributed by atoms with Gasteiger partial charge in [-0.25, -0.2) is 0 Å². The number of alkyl halides is 1. The Kier molecular flexibility index (Phi) is 5.84. The molecule has 0 aromatic heterocycles. The van der Waals surface area contributed by atoms with Crippen molar-refractivity contribution in [2.45, 2.75) is 19.3 Å². The van der Waals surface area contributed by atoms with E-state index in [4.69, 9.17) is 11.6 Å². The molecule has 0 heterocycles. The molecule has 1 rings (SSSR count). The van der Waals surface area contributed by atoms with Crippen molar-refractivity contribution in [3.8, 4) is 5.75 Å². The van der Waals surface area contributed by atoms with Crippen molar-refractivity contribution in [1.82, 2.24) is 4.90 Å². The smallest absolute Gasteiger partial charge is 0.257 e. The third-order valence-electron chi connectivity index (χ3n) is 2.61. The van der Waals surface area contributed by atoms with Crippen LogP contribution in [0, 0.1) is 0 Å². The number of carbonyl (C=O) groups excluding carboxylic acids is 1. The van der Waals surface area contributed by atoms with Crippen LogP contribution in [0.4, 0.5) is 0 Å². The minimum Gasteiger partial charge on any atom is -0.507 e. The molecule has 0 aliphatic rings. The van der Waals surface area contributed by atoms with Gasteiger partial charge in [-0.1, -0.05) is 18.6 Å². The highest BCUT2D eigenvalue weighted by molar-refractivity contribution is 6.17. The van der Waals surface area contributed by atoms with Crippen LogP contribution in [-0.2, 0) is 0 Å². The number of amides is 1. The zero-order valence-electron chi connectivity index (χ0n) is 10.0. The average Bonchev–Trinajstić information content (AvgIpc) is 2.34. The molecule has 0 aliphatic heterocycles. The molecule has 0 radical (unpaired) electrons. The minimum absolute atomic E-state index is 0.0325. The third-order valence-corrected chi connectivity index (χ3v) is 2.88. The summed E-state index contributed by atoms with van der Waals surface area (Å²) in [4.78, 5) is 13.6. The Morgan fingerprint density at radius 1 is 1.29 bits per heavy atom. The van der Waals surface area contributed by atoms with Gasteiger partial charge in [-0.3, -0.25) is 4.79 Å². The van der Waals surface area contributed by atoms with Crippen molar-refractivity contribution in [1.29, 1.82) is 0 Å². The average molecular weight is 256 g/mol. The standard InChI is InChI=1S/C13H18ClNO2/c1-15(10-6-2-5-9-14)13(17)11-7-3-4-8-12(11)16/h3-4,7-8,16H,2,5-6,9-10H2,1H3. The van der Waals surface area contributed by atoms with E-state index < -0.39 is 0 Å². The highest BCUT2D eigenvalue weighted by atomic mass is 35.5. The molecule has 0 atom stereocenters. The first-order valence-electron chi connectivity index (χ1n) is 5.76. The quantitative estimate of drug-likeness (QED) is 0.627. The first-order valence-corrected chi connectivity index (χ1v) is 6.29. The number of hydrogen-bond donors (Lipinski definition) is 1. The number of hydrogen-bond acceptors (Lipinski definition) is 2. The summed E-state index contributed by atoms with van der Waals surface area (Å²) in [6.45, 7) is 0.685. The predicted molar refractivity (Wildman–Crippen MR) is 69.6 cm³/mol. The number of aromatic hydroxyl groups is 1. The summed E-state index contributed by atoms with van der Waals surface area (Å²) in [5.41, 5.74) is 0.354. The number of nitrogens with zero attached hydrogens (tertiary/aromatic N) is 1. The summed E-state index contributed by atoms with van der Waals surface area (Å²) in [6, 6.07) is 6.60. The first kappa shape index (κ1) is 13.8. The van der Waals surface area contributed by atoms with E-state index in [0.717, 1.165) is 19.3 Å². The lowest BCUT2D eigenvalue weighted by Crippen LogP contribution is -2.27. The molecule has 0 saturated heterocycles. The normalized spacial score (nSPS) is 10.2. The van der Waals surface area contributed by atoms with Crippen molar-refractivity contribution in [3.05, 3.63) is 29.8 Å². The summed E-state index contributed by atoms with van der Waals surface area (Å²) in [6.07, 6.45) is 2.92. The van der Waals surface area contributed by atoms with Gasteiger partial charge in [-0.2, -0.15) is 0 Å². The number of unbranched alkanes of at least 4 members (excludes halogenated alkanes) is 2. The van der Waals surface area contributed by atoms with Gasteiger partial charge >= 0.3 is 0 Å². The highest BCUT2D eigenvalue weighted by Crippen LogP contribution is 2.17. The zero-order valence-corrected chi connectivity index (χ0v) is 10.8. The van der Waals surface area contributed by atoms with Gasteiger partial charge in [-0.05, 0) is 25.0 Å². The van der Waals surface area contributed by atoms with Crippen molar-refractivity contribution in [2.75, 3.05) is 19.5 Å². The molecule has 1 N–H and O–H groups in total. The molecule has 3 nitrogen and oxygen atoms in total. The van der Waals surface area contributed by atoms with E-state index in [1.165, 1.54) is 6.07 Å². The van der Waals surface area contributed by atoms with E-state index in [9.17, 15) is 9.90 Å². The van der Waals surface area contributed by atoms with Crippen LogP contribution in [0.25, 0.3) is 0 Å². The van der Waals surface area contributed by atoms with Crippen LogP contribution in [0.1, 0.15) is 29.6 Å². The van der Waals surface area contributed by atoms with Crippen LogP contribution in [0.15, 0.2) is 24.3 Å². The number of phenolic OH excluding ortho intramolecular Hbond substituents is 1. The summed E-state index contributed by atoms with van der Waals surface area (Å²) < 4.78 is 0. The number of carbonyl (C=O) groups is 1. The zero-order chi connectivity index (χ0) is 12.7. The van der Waals surface area contributed by atoms with E-state index in [-0.39, 0.29) is 11.7 Å². The van der Waals surface area contributed by atoms with Crippen LogP contribution in [0.5, 0.6) is 5.75 Å². The van der Waals surface area contributed by atoms with Gasteiger partial charge in [0.15, 0.2) is 0 Å². The molecule has 0 spiro atoms. The van der Waals surface area contributed by atoms with Crippen molar-refractivity contribution in [2.24, 2.45) is 0 Å². The maximum atomic E-state index is 12.0. The SMILES string of the molecule is CN(CCCCCCl)C(=O)c1ccccc1O.